The van der Waals surface area contributed by atoms with Crippen molar-refractivity contribution in [2.24, 2.45) is 5.73 Å². The van der Waals surface area contributed by atoms with Crippen LogP contribution in [0, 0.1) is 0 Å². The predicted molar refractivity (Wildman–Crippen MR) is 167 cm³/mol. The molecule has 3 aromatic rings. The highest BCUT2D eigenvalue weighted by atomic mass is 35.5. The van der Waals surface area contributed by atoms with Gasteiger partial charge in [-0.15, -0.1) is 0 Å². The smallest absolute Gasteiger partial charge is 0.311 e. The fourth-order valence-corrected chi connectivity index (χ4v) is 6.24. The summed E-state index contributed by atoms with van der Waals surface area (Å²) < 4.78 is 7.64. The molecule has 1 aromatic heterocycles. The molecule has 0 radical (unpaired) electrons. The average molecular weight is 630 g/mol. The van der Waals surface area contributed by atoms with Gasteiger partial charge in [-0.3, -0.25) is 19.2 Å². The van der Waals surface area contributed by atoms with E-state index in [1.165, 1.54) is 4.90 Å². The van der Waals surface area contributed by atoms with Crippen LogP contribution in [0.25, 0.3) is 22.4 Å². The van der Waals surface area contributed by atoms with Crippen LogP contribution in [0.5, 0.6) is 0 Å². The Kier molecular flexibility index (Phi) is 10.4. The van der Waals surface area contributed by atoms with Crippen molar-refractivity contribution < 1.29 is 19.4 Å². The minimum absolute atomic E-state index is 0.0386. The van der Waals surface area contributed by atoms with Crippen LogP contribution in [0.1, 0.15) is 30.2 Å². The molecule has 2 aliphatic rings. The first-order valence-corrected chi connectivity index (χ1v) is 15.4. The third kappa shape index (κ3) is 7.22. The number of benzene rings is 2. The summed E-state index contributed by atoms with van der Waals surface area (Å²) >= 11 is 13.2. The van der Waals surface area contributed by atoms with Crippen molar-refractivity contribution in [2.75, 3.05) is 46.0 Å². The number of aliphatic hydroxyl groups is 1. The van der Waals surface area contributed by atoms with E-state index in [-0.39, 0.29) is 13.2 Å². The normalized spacial score (nSPS) is 17.2. The molecular weight excluding hydrogens is 591 g/mol. The maximum atomic E-state index is 12.5. The number of halogens is 2. The van der Waals surface area contributed by atoms with Crippen LogP contribution < -0.4 is 11.1 Å². The van der Waals surface area contributed by atoms with Gasteiger partial charge >= 0.3 is 11.8 Å². The van der Waals surface area contributed by atoms with Crippen molar-refractivity contribution in [3.05, 3.63) is 63.3 Å². The monoisotopic (exact) mass is 628 g/mol. The van der Waals surface area contributed by atoms with Crippen LogP contribution in [-0.2, 0) is 40.4 Å². The largest absolute Gasteiger partial charge is 0.395 e. The van der Waals surface area contributed by atoms with Crippen LogP contribution in [-0.4, -0.2) is 88.5 Å². The fraction of sp³-hybridized carbons (Fsp3) is 0.452. The summed E-state index contributed by atoms with van der Waals surface area (Å²) in [5.41, 5.74) is 11.6. The highest BCUT2D eigenvalue weighted by molar-refractivity contribution is 6.34. The highest BCUT2D eigenvalue weighted by Crippen LogP contribution is 2.37. The zero-order valence-electron chi connectivity index (χ0n) is 24.3. The van der Waals surface area contributed by atoms with E-state index >= 15 is 0 Å². The number of nitrogens with zero attached hydrogens (tertiary/aromatic N) is 4. The average Bonchev–Trinajstić information content (AvgIpc) is 3.36. The second-order valence-corrected chi connectivity index (χ2v) is 11.9. The molecule has 0 saturated carbocycles. The summed E-state index contributed by atoms with van der Waals surface area (Å²) in [7, 11) is 0. The molecule has 3 heterocycles. The third-order valence-corrected chi connectivity index (χ3v) is 8.85. The fourth-order valence-electron chi connectivity index (χ4n) is 5.83. The zero-order valence-corrected chi connectivity index (χ0v) is 25.8. The molecule has 2 aliphatic heterocycles. The maximum absolute atomic E-state index is 12.5. The maximum Gasteiger partial charge on any atom is 0.311 e. The van der Waals surface area contributed by atoms with Crippen LogP contribution in [0.4, 0.5) is 0 Å². The quantitative estimate of drug-likeness (QED) is 0.233. The summed E-state index contributed by atoms with van der Waals surface area (Å²) in [6, 6.07) is 11.9. The topological polar surface area (TPSA) is 126 Å². The number of morpholine rings is 1. The summed E-state index contributed by atoms with van der Waals surface area (Å²) in [6.07, 6.45) is 1.50. The Morgan fingerprint density at radius 3 is 2.67 bits per heavy atom. The Hall–Kier alpha value is -2.99. The second kappa shape index (κ2) is 14.2. The van der Waals surface area contributed by atoms with Crippen LogP contribution >= 0.6 is 23.2 Å². The van der Waals surface area contributed by atoms with E-state index < -0.39 is 11.8 Å². The van der Waals surface area contributed by atoms with E-state index in [9.17, 15) is 9.59 Å². The first-order valence-electron chi connectivity index (χ1n) is 14.7. The molecule has 1 atom stereocenters. The molecule has 2 aromatic carbocycles. The summed E-state index contributed by atoms with van der Waals surface area (Å²) in [4.78, 5) is 28.2. The zero-order chi connectivity index (χ0) is 30.5. The Morgan fingerprint density at radius 1 is 1.12 bits per heavy atom. The van der Waals surface area contributed by atoms with Crippen molar-refractivity contribution in [2.45, 2.75) is 45.4 Å². The predicted octanol–water partition coefficient (Wildman–Crippen LogP) is 3.09. The van der Waals surface area contributed by atoms with Gasteiger partial charge in [0.25, 0.3) is 0 Å². The minimum atomic E-state index is -0.960. The SMILES string of the molecule is C[C@H]1COCCN1CCCn1nc(-c2ccc(Cl)c(-c3ccc(Cl)c(CNCCO)c3)c2)c2c1CCN(C(=O)C(N)=O)C2. The van der Waals surface area contributed by atoms with Crippen molar-refractivity contribution in [3.8, 4) is 22.4 Å². The van der Waals surface area contributed by atoms with Gasteiger partial charge in [0, 0.05) is 84.2 Å². The van der Waals surface area contributed by atoms with E-state index in [4.69, 9.17) is 43.9 Å². The van der Waals surface area contributed by atoms with Crippen LogP contribution in [0.15, 0.2) is 36.4 Å². The molecule has 4 N–H and O–H groups in total. The number of aromatic nitrogens is 2. The van der Waals surface area contributed by atoms with Gasteiger partial charge in [-0.25, -0.2) is 0 Å². The summed E-state index contributed by atoms with van der Waals surface area (Å²) in [5.74, 6) is -1.65. The van der Waals surface area contributed by atoms with E-state index in [1.54, 1.807) is 0 Å². The van der Waals surface area contributed by atoms with Crippen molar-refractivity contribution in [1.82, 2.24) is 24.9 Å². The molecule has 43 heavy (non-hydrogen) atoms. The number of fused-ring (bicyclic) bond motifs is 1. The number of nitrogens with two attached hydrogens (primary N) is 1. The van der Waals surface area contributed by atoms with Crippen molar-refractivity contribution in [1.29, 1.82) is 0 Å². The number of ether oxygens (including phenoxy) is 1. The van der Waals surface area contributed by atoms with E-state index in [1.807, 2.05) is 36.4 Å². The lowest BCUT2D eigenvalue weighted by atomic mass is 9.96. The molecule has 0 aliphatic carbocycles. The lowest BCUT2D eigenvalue weighted by Gasteiger charge is -2.33. The molecule has 0 spiro atoms. The molecule has 12 heteroatoms. The first-order chi connectivity index (χ1) is 20.8. The lowest BCUT2D eigenvalue weighted by Crippen LogP contribution is -2.44. The van der Waals surface area contributed by atoms with Gasteiger partial charge in [-0.05, 0) is 48.7 Å². The van der Waals surface area contributed by atoms with Crippen molar-refractivity contribution in [3.63, 3.8) is 0 Å². The third-order valence-electron chi connectivity index (χ3n) is 8.15. The number of aliphatic hydroxyl groups excluding tert-OH is 1. The van der Waals surface area contributed by atoms with E-state index in [0.29, 0.717) is 42.1 Å². The summed E-state index contributed by atoms with van der Waals surface area (Å²) in [5, 5.41) is 18.6. The number of amides is 2. The van der Waals surface area contributed by atoms with E-state index in [0.717, 1.165) is 78.5 Å². The Morgan fingerprint density at radius 2 is 1.91 bits per heavy atom. The Labute approximate surface area is 261 Å². The second-order valence-electron chi connectivity index (χ2n) is 11.1. The van der Waals surface area contributed by atoms with Gasteiger partial charge in [-0.1, -0.05) is 35.3 Å². The number of rotatable bonds is 10. The van der Waals surface area contributed by atoms with Gasteiger partial charge in [0.15, 0.2) is 0 Å². The molecule has 5 rings (SSSR count). The van der Waals surface area contributed by atoms with Gasteiger partial charge in [0.2, 0.25) is 0 Å². The van der Waals surface area contributed by atoms with Crippen molar-refractivity contribution >= 4 is 35.0 Å². The molecule has 230 valence electrons. The number of hydrogen-bond acceptors (Lipinski definition) is 7. The van der Waals surface area contributed by atoms with Crippen LogP contribution in [0.2, 0.25) is 10.0 Å². The molecule has 1 saturated heterocycles. The minimum Gasteiger partial charge on any atom is -0.395 e. The van der Waals surface area contributed by atoms with E-state index in [2.05, 4.69) is 21.8 Å². The Balaban J connectivity index is 1.47. The molecular formula is C31H38Cl2N6O4. The molecule has 0 unspecified atom stereocenters. The molecule has 10 nitrogen and oxygen atoms in total. The number of hydrogen-bond donors (Lipinski definition) is 3. The summed E-state index contributed by atoms with van der Waals surface area (Å²) in [6.45, 7) is 7.96. The molecule has 2 amide bonds. The standard InChI is InChI=1S/C31H38Cl2N6O4/c1-20-19-43-14-12-37(20)9-2-10-39-28-7-11-38(31(42)30(34)41)18-25(28)29(36-39)22-4-6-27(33)24(16-22)21-3-5-26(32)23(15-21)17-35-8-13-40/h3-6,15-16,20,35,40H,2,7-14,17-19H2,1H3,(H2,34,41)/t20-/m0/s1. The number of primary amides is 1. The Bertz CT molecular complexity index is 1480. The number of aryl methyl sites for hydroxylation is 1. The van der Waals surface area contributed by atoms with Gasteiger partial charge in [0.05, 0.1) is 32.1 Å². The number of carbonyl (C=O) groups excluding carboxylic acids is 2. The number of nitrogens with one attached hydrogen (secondary N) is 1. The highest BCUT2D eigenvalue weighted by Gasteiger charge is 2.30. The van der Waals surface area contributed by atoms with Crippen LogP contribution in [0.3, 0.4) is 0 Å². The van der Waals surface area contributed by atoms with Gasteiger partial charge in [-0.2, -0.15) is 5.10 Å². The van der Waals surface area contributed by atoms with Gasteiger partial charge < -0.3 is 25.8 Å². The lowest BCUT2D eigenvalue weighted by molar-refractivity contribution is -0.144. The first kappa shape index (κ1) is 31.4. The molecule has 1 fully saturated rings. The molecule has 0 bridgehead atoms. The van der Waals surface area contributed by atoms with Gasteiger partial charge in [0.1, 0.15) is 0 Å². The number of carbonyl (C=O) groups is 2.